The number of hydrogen-bond acceptors (Lipinski definition) is 26. The second-order valence-electron chi connectivity index (χ2n) is 15.9. The van der Waals surface area contributed by atoms with Gasteiger partial charge in [0.05, 0.1) is 44.9 Å². The quantitative estimate of drug-likeness (QED) is 0.00760. The first-order valence-electron chi connectivity index (χ1n) is 21.7. The highest BCUT2D eigenvalue weighted by atomic mass is 35.5. The molecule has 1 heterocycles. The van der Waals surface area contributed by atoms with Gasteiger partial charge in [0, 0.05) is 10.8 Å². The standard InChI is InChI=1S/C41H36Cl2N10O20S6.C2H4.2CH4/c1-20-11-22-15-32(78(65,66)67)36(52-49-24-3-6-26(7-4-24)75(57,58)19-73-79(68,69)70)38(55)33(22)29(12-20)44-40-46-39(43)47-41(48-40)45-30-17-27(76(59,60)61)14-23-13-21(2)35(37(54)34(23)30)51-50-28-16-25(5-8-31(28)77(62,63)64)53-71-9-10-74(56)72-18-42;1-2;;/h3-8,11-17,53-55H,9-10,18-19H2,1-2H3,(H,59,60,61)(H,62,63,64)(H,65,66,67)(H,68,69,70)(H2,44,45,46,47,48);1-2H2;2*1H4. The molecule has 7 aromatic rings. The number of aryl methyl sites for hydroxylation is 2. The lowest BCUT2D eigenvalue weighted by Crippen LogP contribution is -2.14. The molecule has 0 radical (unpaired) electrons. The third-order valence-corrected chi connectivity index (χ3v) is 16.2. The Morgan fingerprint density at radius 3 is 1.78 bits per heavy atom. The summed E-state index contributed by atoms with van der Waals surface area (Å²) in [7, 11) is -24.7. The van der Waals surface area contributed by atoms with Crippen LogP contribution >= 0.6 is 23.2 Å². The fourth-order valence-corrected chi connectivity index (χ4v) is 11.5. The molecular weight excluding hydrogens is 1260 g/mol. The van der Waals surface area contributed by atoms with E-state index in [2.05, 4.69) is 68.9 Å². The van der Waals surface area contributed by atoms with E-state index in [-0.39, 0.29) is 88.8 Å². The molecule has 0 fully saturated rings. The molecule has 1 unspecified atom stereocenters. The van der Waals surface area contributed by atoms with E-state index in [1.54, 1.807) is 6.92 Å². The van der Waals surface area contributed by atoms with Gasteiger partial charge in [-0.15, -0.1) is 28.5 Å². The molecule has 0 saturated carbocycles. The van der Waals surface area contributed by atoms with Gasteiger partial charge in [-0.1, -0.05) is 32.5 Å². The monoisotopic (exact) mass is 1310 g/mol. The molecule has 0 bridgehead atoms. The van der Waals surface area contributed by atoms with Gasteiger partial charge in [-0.05, 0) is 120 Å². The number of sulfone groups is 1. The van der Waals surface area contributed by atoms with E-state index in [0.717, 1.165) is 54.6 Å². The van der Waals surface area contributed by atoms with Crippen LogP contribution in [-0.4, -0.2) is 114 Å². The van der Waals surface area contributed by atoms with E-state index in [4.69, 9.17) is 36.8 Å². The Morgan fingerprint density at radius 2 is 1.22 bits per heavy atom. The average molecular weight is 1310 g/mol. The molecule has 0 aliphatic carbocycles. The Balaban J connectivity index is 0.00000366. The van der Waals surface area contributed by atoms with E-state index in [9.17, 15) is 70.2 Å². The van der Waals surface area contributed by atoms with Gasteiger partial charge in [-0.25, -0.2) is 16.8 Å². The Kier molecular flexibility index (Phi) is 22.8. The molecule has 9 N–H and O–H groups in total. The number of halogens is 2. The number of phenolic OH excluding ortho intramolecular Hbond substituents is 2. The Labute approximate surface area is 487 Å². The molecule has 7 rings (SSSR count). The number of phenols is 2. The smallest absolute Gasteiger partial charge is 0.398 e. The minimum absolute atomic E-state index is 0. The third kappa shape index (κ3) is 17.5. The molecule has 0 spiro atoms. The predicted octanol–water partition coefficient (Wildman–Crippen LogP) is 9.76. The summed E-state index contributed by atoms with van der Waals surface area (Å²) in [6.45, 7) is 8.81. The van der Waals surface area contributed by atoms with Crippen molar-refractivity contribution in [3.8, 4) is 11.5 Å². The third-order valence-electron chi connectivity index (χ3n) is 10.3. The number of hydrogen-bond donors (Lipinski definition) is 9. The summed E-state index contributed by atoms with van der Waals surface area (Å²) in [6, 6.07) is 13.9. The molecule has 1 aromatic heterocycles. The number of fused-ring (bicyclic) bond motifs is 2. The van der Waals surface area contributed by atoms with E-state index >= 15 is 0 Å². The van der Waals surface area contributed by atoms with Gasteiger partial charge < -0.3 is 20.8 Å². The number of rotatable bonds is 22. The van der Waals surface area contributed by atoms with Crippen molar-refractivity contribution in [3.63, 3.8) is 0 Å². The van der Waals surface area contributed by atoms with Crippen LogP contribution in [0.3, 0.4) is 0 Å². The summed E-state index contributed by atoms with van der Waals surface area (Å²) in [4.78, 5) is 14.7. The molecular formula is C45H48Cl2N10O20S6. The van der Waals surface area contributed by atoms with Crippen LogP contribution in [0.25, 0.3) is 21.5 Å². The maximum Gasteiger partial charge on any atom is 0.398 e. The first-order valence-corrected chi connectivity index (χ1v) is 31.2. The summed E-state index contributed by atoms with van der Waals surface area (Å²) in [5, 5.41) is 43.7. The predicted molar refractivity (Wildman–Crippen MR) is 307 cm³/mol. The summed E-state index contributed by atoms with van der Waals surface area (Å²) >= 11 is 9.97. The average Bonchev–Trinajstić information content (AvgIpc) is 3.13. The van der Waals surface area contributed by atoms with Crippen LogP contribution in [0.5, 0.6) is 11.5 Å². The number of aromatic hydroxyl groups is 2. The van der Waals surface area contributed by atoms with Crippen molar-refractivity contribution in [1.29, 1.82) is 0 Å². The first kappa shape index (κ1) is 68.5. The summed E-state index contributed by atoms with van der Waals surface area (Å²) in [5.41, 5.74) is 0.882. The summed E-state index contributed by atoms with van der Waals surface area (Å²) in [5.74, 6) is -4.07. The number of benzene rings is 6. The molecule has 30 nitrogen and oxygen atoms in total. The summed E-state index contributed by atoms with van der Waals surface area (Å²) in [6.07, 6.45) is 0. The largest absolute Gasteiger partial charge is 0.505 e. The van der Waals surface area contributed by atoms with E-state index < -0.39 is 127 Å². The number of aromatic nitrogens is 3. The van der Waals surface area contributed by atoms with Crippen LogP contribution in [0, 0.1) is 13.8 Å². The molecule has 6 aromatic carbocycles. The molecule has 38 heteroatoms. The van der Waals surface area contributed by atoms with Crippen molar-refractivity contribution in [3.05, 3.63) is 108 Å². The van der Waals surface area contributed by atoms with Crippen molar-refractivity contribution in [2.24, 2.45) is 20.5 Å². The lowest BCUT2D eigenvalue weighted by Gasteiger charge is -2.16. The van der Waals surface area contributed by atoms with Crippen LogP contribution in [-0.2, 0) is 74.9 Å². The Hall–Kier alpha value is -7.01. The van der Waals surface area contributed by atoms with Gasteiger partial charge in [0.1, 0.15) is 32.9 Å². The molecule has 0 aliphatic heterocycles. The van der Waals surface area contributed by atoms with E-state index in [0.29, 0.717) is 5.56 Å². The normalized spacial score (nSPS) is 12.6. The molecule has 1 atom stereocenters. The maximum absolute atomic E-state index is 12.7. The minimum atomic E-state index is -5.18. The minimum Gasteiger partial charge on any atom is -0.505 e. The number of azo groups is 2. The maximum atomic E-state index is 12.7. The molecule has 0 aliphatic rings. The van der Waals surface area contributed by atoms with Gasteiger partial charge in [-0.2, -0.15) is 53.7 Å². The van der Waals surface area contributed by atoms with Crippen LogP contribution in [0.15, 0.2) is 132 Å². The van der Waals surface area contributed by atoms with E-state index in [1.165, 1.54) is 31.2 Å². The van der Waals surface area contributed by atoms with Crippen molar-refractivity contribution < 1.29 is 87.9 Å². The number of alkyl halides is 1. The van der Waals surface area contributed by atoms with Gasteiger partial charge in [0.2, 0.25) is 27.0 Å². The second kappa shape index (κ2) is 27.6. The topological polar surface area (TPSA) is 461 Å². The lowest BCUT2D eigenvalue weighted by atomic mass is 10.0. The SMILES string of the molecule is C.C.C=C.Cc1cc(Nc2nc(Cl)nc(Nc3cc(S(=O)(=O)O)cc4cc(C)c(N=Nc5cc(NOCCS(=O)OCCl)ccc5S(=O)(=O)O)c(O)c34)n2)c2c(O)c(N=Nc3ccc(S(=O)(=O)COS(=O)(=O)O)cc3)c(S(=O)(=O)O)cc2c1. The zero-order chi connectivity index (χ0) is 60.0. The molecule has 83 heavy (non-hydrogen) atoms. The van der Waals surface area contributed by atoms with Gasteiger partial charge in [0.25, 0.3) is 30.4 Å². The first-order chi connectivity index (χ1) is 37.8. The van der Waals surface area contributed by atoms with Gasteiger partial charge in [-0.3, -0.25) is 32.7 Å². The highest BCUT2D eigenvalue weighted by molar-refractivity contribution is 7.92. The van der Waals surface area contributed by atoms with Crippen molar-refractivity contribution >= 4 is 158 Å². The van der Waals surface area contributed by atoms with Crippen LogP contribution in [0.4, 0.5) is 51.7 Å². The van der Waals surface area contributed by atoms with Crippen LogP contribution in [0.1, 0.15) is 26.0 Å². The van der Waals surface area contributed by atoms with Crippen molar-refractivity contribution in [1.82, 2.24) is 15.0 Å². The van der Waals surface area contributed by atoms with E-state index in [1.807, 2.05) is 0 Å². The highest BCUT2D eigenvalue weighted by Gasteiger charge is 2.26. The highest BCUT2D eigenvalue weighted by Crippen LogP contribution is 2.47. The zero-order valence-corrected chi connectivity index (χ0v) is 47.4. The molecule has 0 amide bonds. The lowest BCUT2D eigenvalue weighted by molar-refractivity contribution is 0.210. The fourth-order valence-electron chi connectivity index (χ4n) is 7.08. The molecule has 448 valence electrons. The van der Waals surface area contributed by atoms with Crippen molar-refractivity contribution in [2.45, 2.75) is 48.3 Å². The fraction of sp³-hybridized carbons (Fsp3) is 0.178. The number of nitrogens with zero attached hydrogens (tertiary/aromatic N) is 7. The zero-order valence-electron chi connectivity index (χ0n) is 41.0. The van der Waals surface area contributed by atoms with Crippen LogP contribution < -0.4 is 16.1 Å². The Bertz CT molecular complexity index is 4300. The van der Waals surface area contributed by atoms with Gasteiger partial charge in [0.15, 0.2) is 28.5 Å². The summed E-state index contributed by atoms with van der Waals surface area (Å²) < 4.78 is 181. The van der Waals surface area contributed by atoms with Crippen molar-refractivity contribution in [2.75, 3.05) is 40.5 Å². The number of anilines is 5. The molecule has 0 saturated heterocycles. The number of nitrogens with one attached hydrogen (secondary N) is 3. The van der Waals surface area contributed by atoms with Crippen LogP contribution in [0.2, 0.25) is 5.28 Å². The van der Waals surface area contributed by atoms with Gasteiger partial charge >= 0.3 is 10.4 Å². The Morgan fingerprint density at radius 1 is 0.651 bits per heavy atom. The second-order valence-corrected chi connectivity index (χ2v) is 24.9.